The summed E-state index contributed by atoms with van der Waals surface area (Å²) in [5.41, 5.74) is 0. The molecular weight excluding hydrogens is 162 g/mol. The molecule has 0 atom stereocenters. The summed E-state index contributed by atoms with van der Waals surface area (Å²) < 4.78 is 30.5. The summed E-state index contributed by atoms with van der Waals surface area (Å²) in [5.74, 6) is -1.92. The molecule has 3 heteroatoms. The predicted molar refractivity (Wildman–Crippen MR) is 38.8 cm³/mol. The first-order chi connectivity index (χ1) is 5.77. The average Bonchev–Trinajstić information content (AvgIpc) is 2.83. The van der Waals surface area contributed by atoms with E-state index in [1.807, 2.05) is 0 Å². The number of benzene rings is 1. The summed E-state index contributed by atoms with van der Waals surface area (Å²) in [6, 6.07) is 4.85. The van der Waals surface area contributed by atoms with Crippen molar-refractivity contribution < 1.29 is 13.5 Å². The highest BCUT2D eigenvalue weighted by atomic mass is 19.2. The Morgan fingerprint density at radius 3 is 2.83 bits per heavy atom. The second kappa shape index (κ2) is 2.73. The van der Waals surface area contributed by atoms with E-state index in [1.54, 1.807) is 0 Å². The number of ether oxygens (including phenoxy) is 1. The zero-order valence-corrected chi connectivity index (χ0v) is 6.31. The van der Waals surface area contributed by atoms with Crippen molar-refractivity contribution in [1.29, 1.82) is 0 Å². The van der Waals surface area contributed by atoms with Crippen LogP contribution >= 0.6 is 0 Å². The van der Waals surface area contributed by atoms with E-state index in [1.165, 1.54) is 6.07 Å². The van der Waals surface area contributed by atoms with E-state index in [0.717, 1.165) is 18.9 Å². The fraction of sp³-hybridized carbons (Fsp3) is 0.333. The Kier molecular flexibility index (Phi) is 1.71. The molecule has 0 amide bonds. The van der Waals surface area contributed by atoms with E-state index in [9.17, 15) is 8.78 Å². The molecule has 1 aliphatic rings. The van der Waals surface area contributed by atoms with Gasteiger partial charge in [0, 0.05) is 6.07 Å². The third-order valence-electron chi connectivity index (χ3n) is 1.66. The minimum absolute atomic E-state index is 0.0672. The maximum absolute atomic E-state index is 12.9. The molecule has 1 fully saturated rings. The smallest absolute Gasteiger partial charge is 0.201 e. The van der Waals surface area contributed by atoms with Gasteiger partial charge in [0.2, 0.25) is 5.82 Å². The molecule has 12 heavy (non-hydrogen) atoms. The summed E-state index contributed by atoms with van der Waals surface area (Å²) in [6.07, 6.45) is 1.91. The molecule has 2 rings (SSSR count). The van der Waals surface area contributed by atoms with Crippen molar-refractivity contribution in [3.8, 4) is 5.75 Å². The molecule has 0 N–H and O–H groups in total. The fourth-order valence-electron chi connectivity index (χ4n) is 0.874. The highest BCUT2D eigenvalue weighted by molar-refractivity contribution is 5.24. The van der Waals surface area contributed by atoms with E-state index in [0.29, 0.717) is 0 Å². The van der Waals surface area contributed by atoms with Gasteiger partial charge in [-0.1, -0.05) is 0 Å². The zero-order chi connectivity index (χ0) is 8.55. The van der Waals surface area contributed by atoms with Gasteiger partial charge in [-0.15, -0.1) is 0 Å². The first-order valence-corrected chi connectivity index (χ1v) is 3.79. The Morgan fingerprint density at radius 2 is 2.17 bits per heavy atom. The molecule has 1 aliphatic carbocycles. The van der Waals surface area contributed by atoms with E-state index in [-0.39, 0.29) is 11.9 Å². The monoisotopic (exact) mass is 169 g/mol. The minimum atomic E-state index is -0.940. The third-order valence-corrected chi connectivity index (χ3v) is 1.66. The molecule has 1 saturated carbocycles. The van der Waals surface area contributed by atoms with Crippen molar-refractivity contribution in [2.45, 2.75) is 18.9 Å². The Balaban J connectivity index is 2.23. The van der Waals surface area contributed by atoms with Crippen LogP contribution in [0.2, 0.25) is 0 Å². The zero-order valence-electron chi connectivity index (χ0n) is 6.31. The van der Waals surface area contributed by atoms with Gasteiger partial charge in [-0.05, 0) is 25.0 Å². The first-order valence-electron chi connectivity index (χ1n) is 3.79. The van der Waals surface area contributed by atoms with Crippen molar-refractivity contribution in [2.75, 3.05) is 0 Å². The van der Waals surface area contributed by atoms with Crippen LogP contribution in [0.4, 0.5) is 8.78 Å². The highest BCUT2D eigenvalue weighted by Gasteiger charge is 2.25. The Bertz CT molecular complexity index is 295. The molecule has 0 heterocycles. The lowest BCUT2D eigenvalue weighted by atomic mass is 10.3. The molecule has 0 aromatic heterocycles. The van der Waals surface area contributed by atoms with Gasteiger partial charge in [-0.25, -0.2) is 4.39 Å². The number of halogens is 2. The standard InChI is InChI=1S/C9H7F2O/c10-7-2-1-3-8(9(7)11)12-6-4-5-6/h1-2,6H,4-5H2. The lowest BCUT2D eigenvalue weighted by Crippen LogP contribution is -1.99. The van der Waals surface area contributed by atoms with Crippen LogP contribution in [0.5, 0.6) is 5.75 Å². The van der Waals surface area contributed by atoms with Crippen LogP contribution in [0.1, 0.15) is 12.8 Å². The van der Waals surface area contributed by atoms with E-state index in [4.69, 9.17) is 4.74 Å². The van der Waals surface area contributed by atoms with Gasteiger partial charge in [0.25, 0.3) is 0 Å². The average molecular weight is 169 g/mol. The van der Waals surface area contributed by atoms with Crippen molar-refractivity contribution in [1.82, 2.24) is 0 Å². The maximum Gasteiger partial charge on any atom is 0.201 e. The SMILES string of the molecule is Fc1cc[c]c(OC2CC2)c1F. The number of rotatable bonds is 2. The highest BCUT2D eigenvalue weighted by Crippen LogP contribution is 2.28. The summed E-state index contributed by atoms with van der Waals surface area (Å²) in [6.45, 7) is 0. The molecule has 1 radical (unpaired) electrons. The van der Waals surface area contributed by atoms with Crippen molar-refractivity contribution in [3.05, 3.63) is 29.8 Å². The minimum Gasteiger partial charge on any atom is -0.487 e. The molecule has 0 aliphatic heterocycles. The van der Waals surface area contributed by atoms with Crippen LogP contribution in [-0.4, -0.2) is 6.10 Å². The molecular formula is C9H7F2O. The van der Waals surface area contributed by atoms with Gasteiger partial charge in [0.1, 0.15) is 0 Å². The van der Waals surface area contributed by atoms with E-state index in [2.05, 4.69) is 6.07 Å². The largest absolute Gasteiger partial charge is 0.487 e. The molecule has 0 unspecified atom stereocenters. The Morgan fingerprint density at radius 1 is 1.42 bits per heavy atom. The second-order valence-corrected chi connectivity index (χ2v) is 2.79. The molecule has 0 spiro atoms. The summed E-state index contributed by atoms with van der Waals surface area (Å²) in [7, 11) is 0. The third kappa shape index (κ3) is 1.40. The van der Waals surface area contributed by atoms with Crippen LogP contribution in [0.25, 0.3) is 0 Å². The normalized spacial score (nSPS) is 16.2. The van der Waals surface area contributed by atoms with Crippen LogP contribution < -0.4 is 4.74 Å². The van der Waals surface area contributed by atoms with Crippen molar-refractivity contribution >= 4 is 0 Å². The molecule has 1 nitrogen and oxygen atoms in total. The molecule has 1 aromatic rings. The predicted octanol–water partition coefficient (Wildman–Crippen LogP) is 2.31. The summed E-state index contributed by atoms with van der Waals surface area (Å²) in [4.78, 5) is 0. The van der Waals surface area contributed by atoms with Crippen molar-refractivity contribution in [3.63, 3.8) is 0 Å². The fourth-order valence-corrected chi connectivity index (χ4v) is 0.874. The first kappa shape index (κ1) is 7.53. The van der Waals surface area contributed by atoms with Crippen LogP contribution in [0.3, 0.4) is 0 Å². The van der Waals surface area contributed by atoms with Gasteiger partial charge in [-0.3, -0.25) is 0 Å². The van der Waals surface area contributed by atoms with E-state index < -0.39 is 11.6 Å². The molecule has 1 aromatic carbocycles. The number of hydrogen-bond acceptors (Lipinski definition) is 1. The quantitative estimate of drug-likeness (QED) is 0.660. The van der Waals surface area contributed by atoms with Crippen molar-refractivity contribution in [2.24, 2.45) is 0 Å². The van der Waals surface area contributed by atoms with Crippen LogP contribution in [0.15, 0.2) is 12.1 Å². The van der Waals surface area contributed by atoms with Crippen LogP contribution in [-0.2, 0) is 0 Å². The van der Waals surface area contributed by atoms with Gasteiger partial charge < -0.3 is 4.74 Å². The van der Waals surface area contributed by atoms with Gasteiger partial charge >= 0.3 is 0 Å². The molecule has 0 saturated heterocycles. The van der Waals surface area contributed by atoms with Gasteiger partial charge in [0.05, 0.1) is 6.10 Å². The van der Waals surface area contributed by atoms with E-state index >= 15 is 0 Å². The Hall–Kier alpha value is -1.12. The number of hydrogen-bond donors (Lipinski definition) is 0. The topological polar surface area (TPSA) is 9.23 Å². The summed E-state index contributed by atoms with van der Waals surface area (Å²) >= 11 is 0. The lowest BCUT2D eigenvalue weighted by Gasteiger charge is -2.04. The van der Waals surface area contributed by atoms with Gasteiger partial charge in [0.15, 0.2) is 11.6 Å². The molecule has 63 valence electrons. The second-order valence-electron chi connectivity index (χ2n) is 2.79. The van der Waals surface area contributed by atoms with Gasteiger partial charge in [-0.2, -0.15) is 4.39 Å². The summed E-state index contributed by atoms with van der Waals surface area (Å²) in [5, 5.41) is 0. The molecule has 0 bridgehead atoms. The Labute approximate surface area is 69.0 Å². The maximum atomic E-state index is 12.9. The van der Waals surface area contributed by atoms with Crippen LogP contribution in [0, 0.1) is 17.7 Å². The lowest BCUT2D eigenvalue weighted by molar-refractivity contribution is 0.281.